The van der Waals surface area contributed by atoms with E-state index >= 15 is 0 Å². The topological polar surface area (TPSA) is 63.8 Å². The maximum absolute atomic E-state index is 5.55. The predicted molar refractivity (Wildman–Crippen MR) is 129 cm³/mol. The van der Waals surface area contributed by atoms with Crippen LogP contribution in [0, 0.1) is 0 Å². The van der Waals surface area contributed by atoms with E-state index < -0.39 is 0 Å². The first-order chi connectivity index (χ1) is 15.3. The number of nitrogens with zero attached hydrogens (tertiary/aromatic N) is 3. The molecule has 0 saturated carbocycles. The van der Waals surface area contributed by atoms with E-state index in [0.29, 0.717) is 11.7 Å². The molecule has 0 aliphatic rings. The van der Waals surface area contributed by atoms with Crippen molar-refractivity contribution in [3.63, 3.8) is 0 Å². The third-order valence-corrected chi connectivity index (χ3v) is 5.79. The van der Waals surface area contributed by atoms with Crippen molar-refractivity contribution in [3.8, 4) is 11.4 Å². The van der Waals surface area contributed by atoms with Crippen LogP contribution in [0.1, 0.15) is 36.3 Å². The van der Waals surface area contributed by atoms with Gasteiger partial charge >= 0.3 is 0 Å². The Kier molecular flexibility index (Phi) is 7.76. The van der Waals surface area contributed by atoms with Crippen LogP contribution in [-0.4, -0.2) is 27.8 Å². The van der Waals surface area contributed by atoms with Crippen molar-refractivity contribution in [2.45, 2.75) is 38.6 Å². The molecule has 0 bridgehead atoms. The number of hydrogen-bond donors (Lipinski definition) is 1. The highest BCUT2D eigenvalue weighted by Gasteiger charge is 2.14. The van der Waals surface area contributed by atoms with E-state index in [1.807, 2.05) is 12.3 Å². The van der Waals surface area contributed by atoms with Gasteiger partial charge in [0.25, 0.3) is 0 Å². The fourth-order valence-corrected chi connectivity index (χ4v) is 3.94. The quantitative estimate of drug-likeness (QED) is 0.261. The zero-order valence-corrected chi connectivity index (χ0v) is 18.9. The van der Waals surface area contributed by atoms with Crippen LogP contribution < -0.4 is 5.32 Å². The van der Waals surface area contributed by atoms with Crippen LogP contribution in [0.2, 0.25) is 0 Å². The molecule has 6 heteroatoms. The fourth-order valence-electron chi connectivity index (χ4n) is 3.73. The van der Waals surface area contributed by atoms with Crippen LogP contribution in [0.25, 0.3) is 22.3 Å². The first-order valence-corrected chi connectivity index (χ1v) is 11.8. The standard InChI is InChI=1S/C25H29N4OP/c31-17-7-15-26-18-20-13-14-22(21-11-6-16-27-24(20)21)25-28-23(30-29-25)12-5-4-10-19-8-2-1-3-9-19/h1-3,6,8-9,11,13-14,16,26H,4-5,7,10,12,15,17-18,31H2. The molecule has 0 fully saturated rings. The number of rotatable bonds is 11. The number of benzene rings is 2. The molecule has 2 aromatic carbocycles. The third kappa shape index (κ3) is 5.75. The monoisotopic (exact) mass is 432 g/mol. The van der Waals surface area contributed by atoms with Gasteiger partial charge < -0.3 is 9.84 Å². The van der Waals surface area contributed by atoms with E-state index in [0.717, 1.165) is 67.8 Å². The number of hydrogen-bond acceptors (Lipinski definition) is 5. The summed E-state index contributed by atoms with van der Waals surface area (Å²) in [4.78, 5) is 9.30. The number of fused-ring (bicyclic) bond motifs is 1. The fraction of sp³-hybridized carbons (Fsp3) is 0.320. The smallest absolute Gasteiger partial charge is 0.226 e. The highest BCUT2D eigenvalue weighted by atomic mass is 31.0. The molecule has 2 aromatic heterocycles. The third-order valence-electron chi connectivity index (χ3n) is 5.38. The van der Waals surface area contributed by atoms with Crippen LogP contribution >= 0.6 is 9.24 Å². The number of nitrogens with one attached hydrogen (secondary N) is 1. The Morgan fingerprint density at radius 3 is 2.65 bits per heavy atom. The van der Waals surface area contributed by atoms with E-state index in [1.165, 1.54) is 11.1 Å². The van der Waals surface area contributed by atoms with Gasteiger partial charge in [-0.1, -0.05) is 47.6 Å². The molecule has 0 amide bonds. The molecule has 31 heavy (non-hydrogen) atoms. The highest BCUT2D eigenvalue weighted by molar-refractivity contribution is 7.16. The maximum Gasteiger partial charge on any atom is 0.226 e. The molecule has 0 saturated heterocycles. The van der Waals surface area contributed by atoms with Gasteiger partial charge in [-0.15, -0.1) is 9.24 Å². The second-order valence-electron chi connectivity index (χ2n) is 7.70. The van der Waals surface area contributed by atoms with E-state index in [4.69, 9.17) is 4.52 Å². The zero-order valence-electron chi connectivity index (χ0n) is 17.8. The molecule has 4 rings (SSSR count). The highest BCUT2D eigenvalue weighted by Crippen LogP contribution is 2.28. The molecule has 2 heterocycles. The molecule has 0 aliphatic heterocycles. The summed E-state index contributed by atoms with van der Waals surface area (Å²) in [7, 11) is 2.77. The minimum Gasteiger partial charge on any atom is -0.339 e. The van der Waals surface area contributed by atoms with Crippen LogP contribution in [0.15, 0.2) is 65.3 Å². The van der Waals surface area contributed by atoms with Crippen molar-refractivity contribution < 1.29 is 4.52 Å². The Morgan fingerprint density at radius 2 is 1.77 bits per heavy atom. The van der Waals surface area contributed by atoms with Gasteiger partial charge in [0.05, 0.1) is 5.52 Å². The summed E-state index contributed by atoms with van der Waals surface area (Å²) in [6.07, 6.45) is 8.10. The summed E-state index contributed by atoms with van der Waals surface area (Å²) in [5.74, 6) is 1.34. The zero-order chi connectivity index (χ0) is 21.3. The van der Waals surface area contributed by atoms with Crippen molar-refractivity contribution in [1.29, 1.82) is 0 Å². The van der Waals surface area contributed by atoms with Crippen molar-refractivity contribution in [2.24, 2.45) is 0 Å². The van der Waals surface area contributed by atoms with Crippen LogP contribution in [-0.2, 0) is 19.4 Å². The molecule has 0 aliphatic carbocycles. The lowest BCUT2D eigenvalue weighted by atomic mass is 10.0. The van der Waals surface area contributed by atoms with Gasteiger partial charge in [0, 0.05) is 30.1 Å². The van der Waals surface area contributed by atoms with Gasteiger partial charge in [0.2, 0.25) is 11.7 Å². The van der Waals surface area contributed by atoms with E-state index in [1.54, 1.807) is 0 Å². The van der Waals surface area contributed by atoms with Gasteiger partial charge in [-0.2, -0.15) is 4.98 Å². The van der Waals surface area contributed by atoms with Crippen molar-refractivity contribution in [2.75, 3.05) is 12.7 Å². The summed E-state index contributed by atoms with van der Waals surface area (Å²) in [6, 6.07) is 18.8. The first-order valence-electron chi connectivity index (χ1n) is 11.0. The van der Waals surface area contributed by atoms with Gasteiger partial charge in [0.15, 0.2) is 0 Å². The van der Waals surface area contributed by atoms with Crippen LogP contribution in [0.4, 0.5) is 0 Å². The molecule has 0 spiro atoms. The minimum absolute atomic E-state index is 0.638. The van der Waals surface area contributed by atoms with E-state index in [9.17, 15) is 0 Å². The van der Waals surface area contributed by atoms with E-state index in [-0.39, 0.29) is 0 Å². The number of aryl methyl sites for hydroxylation is 2. The molecule has 160 valence electrons. The number of aromatic nitrogens is 3. The molecular weight excluding hydrogens is 403 g/mol. The number of pyridine rings is 1. The summed E-state index contributed by atoms with van der Waals surface area (Å²) < 4.78 is 5.55. The first kappa shape index (κ1) is 21.6. The summed E-state index contributed by atoms with van der Waals surface area (Å²) in [6.45, 7) is 1.80. The van der Waals surface area contributed by atoms with Crippen LogP contribution in [0.3, 0.4) is 0 Å². The molecular formula is C25H29N4OP. The largest absolute Gasteiger partial charge is 0.339 e. The minimum atomic E-state index is 0.638. The second kappa shape index (κ2) is 11.1. The van der Waals surface area contributed by atoms with Gasteiger partial charge in [-0.05, 0) is 61.6 Å². The molecule has 1 unspecified atom stereocenters. The Morgan fingerprint density at radius 1 is 0.903 bits per heavy atom. The SMILES string of the molecule is PCCCNCc1ccc(-c2noc(CCCCc3ccccc3)n2)c2cccnc12. The summed E-state index contributed by atoms with van der Waals surface area (Å²) >= 11 is 0. The molecule has 4 aromatic rings. The molecule has 1 N–H and O–H groups in total. The summed E-state index contributed by atoms with van der Waals surface area (Å²) in [5.41, 5.74) is 4.52. The van der Waals surface area contributed by atoms with Crippen molar-refractivity contribution in [1.82, 2.24) is 20.4 Å². The molecule has 0 radical (unpaired) electrons. The predicted octanol–water partition coefficient (Wildman–Crippen LogP) is 5.21. The van der Waals surface area contributed by atoms with Crippen molar-refractivity contribution >= 4 is 20.1 Å². The Bertz CT molecular complexity index is 1100. The van der Waals surface area contributed by atoms with Gasteiger partial charge in [-0.25, -0.2) is 0 Å². The Balaban J connectivity index is 1.42. The summed E-state index contributed by atoms with van der Waals surface area (Å²) in [5, 5.41) is 8.81. The van der Waals surface area contributed by atoms with Crippen molar-refractivity contribution in [3.05, 3.63) is 77.8 Å². The Labute approximate surface area is 185 Å². The molecule has 1 atom stereocenters. The Hall–Kier alpha value is -2.62. The second-order valence-corrected chi connectivity index (χ2v) is 8.27. The average Bonchev–Trinajstić information content (AvgIpc) is 3.29. The van der Waals surface area contributed by atoms with E-state index in [2.05, 4.69) is 78.2 Å². The number of unbranched alkanes of at least 4 members (excludes halogenated alkanes) is 1. The lowest BCUT2D eigenvalue weighted by Gasteiger charge is -2.09. The molecule has 5 nitrogen and oxygen atoms in total. The lowest BCUT2D eigenvalue weighted by molar-refractivity contribution is 0.375. The lowest BCUT2D eigenvalue weighted by Crippen LogP contribution is -2.15. The van der Waals surface area contributed by atoms with Gasteiger partial charge in [0.1, 0.15) is 0 Å². The van der Waals surface area contributed by atoms with Gasteiger partial charge in [-0.3, -0.25) is 4.98 Å². The maximum atomic E-state index is 5.55. The van der Waals surface area contributed by atoms with Crippen LogP contribution in [0.5, 0.6) is 0 Å². The average molecular weight is 433 g/mol. The normalized spacial score (nSPS) is 11.3.